The van der Waals surface area contributed by atoms with E-state index >= 15 is 0 Å². The van der Waals surface area contributed by atoms with E-state index in [1.807, 2.05) is 0 Å². The fraction of sp³-hybridized carbons (Fsp3) is 0.417. The summed E-state index contributed by atoms with van der Waals surface area (Å²) in [5.74, 6) is -4.17. The molecule has 17 heavy (non-hydrogen) atoms. The van der Waals surface area contributed by atoms with Gasteiger partial charge in [-0.2, -0.15) is 8.78 Å². The first-order chi connectivity index (χ1) is 7.84. The number of hydrogen-bond acceptors (Lipinski definition) is 2. The highest BCUT2D eigenvalue weighted by atomic mass is 19.3. The highest BCUT2D eigenvalue weighted by Gasteiger charge is 2.35. The van der Waals surface area contributed by atoms with Gasteiger partial charge in [0.25, 0.3) is 5.92 Å². The molecule has 1 unspecified atom stereocenters. The standard InChI is InChI=1S/C12H15F2NO2/c1-9(11(16)17)15(2)8-12(13,14)10-6-4-3-5-7-10/h3-7,9H,8H2,1-2H3,(H,16,17). The zero-order valence-electron chi connectivity index (χ0n) is 9.73. The summed E-state index contributed by atoms with van der Waals surface area (Å²) in [5.41, 5.74) is -0.107. The first-order valence-electron chi connectivity index (χ1n) is 5.21. The molecule has 5 heteroatoms. The van der Waals surface area contributed by atoms with E-state index < -0.39 is 24.5 Å². The summed E-state index contributed by atoms with van der Waals surface area (Å²) >= 11 is 0. The molecule has 94 valence electrons. The number of carboxylic acids is 1. The molecule has 0 aliphatic heterocycles. The van der Waals surface area contributed by atoms with Gasteiger partial charge in [-0.3, -0.25) is 9.69 Å². The third kappa shape index (κ3) is 3.49. The van der Waals surface area contributed by atoms with Crippen molar-refractivity contribution in [2.75, 3.05) is 13.6 Å². The Hall–Kier alpha value is -1.49. The molecule has 1 aromatic rings. The number of halogens is 2. The Morgan fingerprint density at radius 1 is 1.41 bits per heavy atom. The monoisotopic (exact) mass is 243 g/mol. The largest absolute Gasteiger partial charge is 0.480 e. The predicted octanol–water partition coefficient (Wildman–Crippen LogP) is 2.18. The number of aliphatic carboxylic acids is 1. The van der Waals surface area contributed by atoms with Crippen molar-refractivity contribution < 1.29 is 18.7 Å². The molecular weight excluding hydrogens is 228 g/mol. The van der Waals surface area contributed by atoms with E-state index in [2.05, 4.69) is 0 Å². The lowest BCUT2D eigenvalue weighted by atomic mass is 10.1. The van der Waals surface area contributed by atoms with Crippen LogP contribution in [-0.2, 0) is 10.7 Å². The van der Waals surface area contributed by atoms with E-state index in [4.69, 9.17) is 5.11 Å². The van der Waals surface area contributed by atoms with Gasteiger partial charge in [-0.15, -0.1) is 0 Å². The molecule has 3 nitrogen and oxygen atoms in total. The van der Waals surface area contributed by atoms with Gasteiger partial charge in [0.2, 0.25) is 0 Å². The summed E-state index contributed by atoms with van der Waals surface area (Å²) in [6.07, 6.45) is 0. The molecule has 0 aromatic heterocycles. The van der Waals surface area contributed by atoms with Gasteiger partial charge in [-0.1, -0.05) is 30.3 Å². The molecule has 0 spiro atoms. The Kier molecular flexibility index (Phi) is 4.17. The summed E-state index contributed by atoms with van der Waals surface area (Å²) < 4.78 is 27.6. The average Bonchev–Trinajstić information content (AvgIpc) is 2.28. The number of alkyl halides is 2. The number of nitrogens with zero attached hydrogens (tertiary/aromatic N) is 1. The molecular formula is C12H15F2NO2. The van der Waals surface area contributed by atoms with Crippen LogP contribution in [0.1, 0.15) is 12.5 Å². The van der Waals surface area contributed by atoms with Crippen molar-refractivity contribution in [1.82, 2.24) is 4.90 Å². The quantitative estimate of drug-likeness (QED) is 0.861. The van der Waals surface area contributed by atoms with Crippen LogP contribution in [-0.4, -0.2) is 35.6 Å². The molecule has 0 saturated carbocycles. The molecule has 0 radical (unpaired) electrons. The molecule has 0 saturated heterocycles. The van der Waals surface area contributed by atoms with Crippen LogP contribution in [0.3, 0.4) is 0 Å². The first-order valence-corrected chi connectivity index (χ1v) is 5.21. The summed E-state index contributed by atoms with van der Waals surface area (Å²) in [7, 11) is 1.37. The molecule has 1 aromatic carbocycles. The lowest BCUT2D eigenvalue weighted by molar-refractivity contribution is -0.143. The Labute approximate surface area is 98.7 Å². The minimum absolute atomic E-state index is 0.107. The number of rotatable bonds is 5. The fourth-order valence-corrected chi connectivity index (χ4v) is 1.41. The number of carboxylic acid groups (broad SMARTS) is 1. The maximum Gasteiger partial charge on any atom is 0.320 e. The zero-order chi connectivity index (χ0) is 13.1. The average molecular weight is 243 g/mol. The number of carbonyl (C=O) groups is 1. The smallest absolute Gasteiger partial charge is 0.320 e. The van der Waals surface area contributed by atoms with Gasteiger partial charge >= 0.3 is 5.97 Å². The number of benzene rings is 1. The third-order valence-corrected chi connectivity index (χ3v) is 2.66. The van der Waals surface area contributed by atoms with Crippen LogP contribution >= 0.6 is 0 Å². The second-order valence-corrected chi connectivity index (χ2v) is 4.00. The minimum atomic E-state index is -3.06. The van der Waals surface area contributed by atoms with Gasteiger partial charge in [-0.05, 0) is 14.0 Å². The number of likely N-dealkylation sites (N-methyl/N-ethyl adjacent to an activating group) is 1. The SMILES string of the molecule is CC(C(=O)O)N(C)CC(F)(F)c1ccccc1. The molecule has 1 rings (SSSR count). The summed E-state index contributed by atoms with van der Waals surface area (Å²) in [6, 6.07) is 6.44. The lowest BCUT2D eigenvalue weighted by Crippen LogP contribution is -2.42. The summed E-state index contributed by atoms with van der Waals surface area (Å²) in [4.78, 5) is 11.8. The molecule has 0 aliphatic carbocycles. The van der Waals surface area contributed by atoms with Crippen LogP contribution in [0.2, 0.25) is 0 Å². The van der Waals surface area contributed by atoms with Gasteiger partial charge in [0.15, 0.2) is 0 Å². The molecule has 0 amide bonds. The van der Waals surface area contributed by atoms with Crippen molar-refractivity contribution in [3.63, 3.8) is 0 Å². The molecule has 0 fully saturated rings. The van der Waals surface area contributed by atoms with Gasteiger partial charge in [-0.25, -0.2) is 0 Å². The third-order valence-electron chi connectivity index (χ3n) is 2.66. The van der Waals surface area contributed by atoms with Crippen LogP contribution in [0, 0.1) is 0 Å². The summed E-state index contributed by atoms with van der Waals surface area (Å²) in [5, 5.41) is 8.73. The van der Waals surface area contributed by atoms with Gasteiger partial charge in [0.05, 0.1) is 6.54 Å². The molecule has 1 N–H and O–H groups in total. The van der Waals surface area contributed by atoms with Gasteiger partial charge in [0, 0.05) is 5.56 Å². The second kappa shape index (κ2) is 5.23. The first kappa shape index (κ1) is 13.6. The van der Waals surface area contributed by atoms with Crippen LogP contribution in [0.25, 0.3) is 0 Å². The van der Waals surface area contributed by atoms with Crippen molar-refractivity contribution >= 4 is 5.97 Å². The van der Waals surface area contributed by atoms with Crippen LogP contribution in [0.4, 0.5) is 8.78 Å². The van der Waals surface area contributed by atoms with E-state index in [1.54, 1.807) is 6.07 Å². The Morgan fingerprint density at radius 2 is 1.94 bits per heavy atom. The zero-order valence-corrected chi connectivity index (χ0v) is 9.73. The van der Waals surface area contributed by atoms with Crippen LogP contribution in [0.5, 0.6) is 0 Å². The number of hydrogen-bond donors (Lipinski definition) is 1. The maximum atomic E-state index is 13.8. The lowest BCUT2D eigenvalue weighted by Gasteiger charge is -2.26. The molecule has 0 bridgehead atoms. The Balaban J connectivity index is 2.77. The Morgan fingerprint density at radius 3 is 2.41 bits per heavy atom. The van der Waals surface area contributed by atoms with E-state index in [9.17, 15) is 13.6 Å². The van der Waals surface area contributed by atoms with Crippen molar-refractivity contribution in [1.29, 1.82) is 0 Å². The molecule has 1 atom stereocenters. The van der Waals surface area contributed by atoms with Crippen molar-refractivity contribution in [3.8, 4) is 0 Å². The van der Waals surface area contributed by atoms with Crippen molar-refractivity contribution in [2.24, 2.45) is 0 Å². The summed E-state index contributed by atoms with van der Waals surface area (Å²) in [6.45, 7) is 0.758. The topological polar surface area (TPSA) is 40.5 Å². The fourth-order valence-electron chi connectivity index (χ4n) is 1.41. The van der Waals surface area contributed by atoms with E-state index in [0.717, 1.165) is 4.90 Å². The van der Waals surface area contributed by atoms with Gasteiger partial charge < -0.3 is 5.11 Å². The highest BCUT2D eigenvalue weighted by Crippen LogP contribution is 2.28. The Bertz CT molecular complexity index is 381. The van der Waals surface area contributed by atoms with E-state index in [1.165, 1.54) is 38.2 Å². The minimum Gasteiger partial charge on any atom is -0.480 e. The van der Waals surface area contributed by atoms with Gasteiger partial charge in [0.1, 0.15) is 6.04 Å². The van der Waals surface area contributed by atoms with E-state index in [0.29, 0.717) is 0 Å². The normalized spacial score (nSPS) is 13.7. The molecule has 0 aliphatic rings. The van der Waals surface area contributed by atoms with Crippen LogP contribution < -0.4 is 0 Å². The van der Waals surface area contributed by atoms with Crippen molar-refractivity contribution in [3.05, 3.63) is 35.9 Å². The second-order valence-electron chi connectivity index (χ2n) is 4.00. The maximum absolute atomic E-state index is 13.8. The predicted molar refractivity (Wildman–Crippen MR) is 60.1 cm³/mol. The van der Waals surface area contributed by atoms with E-state index in [-0.39, 0.29) is 5.56 Å². The highest BCUT2D eigenvalue weighted by molar-refractivity contribution is 5.72. The van der Waals surface area contributed by atoms with Crippen molar-refractivity contribution in [2.45, 2.75) is 18.9 Å². The molecule has 0 heterocycles. The van der Waals surface area contributed by atoms with Crippen LogP contribution in [0.15, 0.2) is 30.3 Å².